The molecule has 0 aliphatic heterocycles. The van der Waals surface area contributed by atoms with Crippen molar-refractivity contribution in [1.29, 1.82) is 0 Å². The lowest BCUT2D eigenvalue weighted by Gasteiger charge is -2.58. The highest BCUT2D eigenvalue weighted by atomic mass is 16.6. The fraction of sp³-hybridized carbons (Fsp3) is 0.826. The second-order valence-electron chi connectivity index (χ2n) is 9.70. The lowest BCUT2D eigenvalue weighted by atomic mass is 9.46. The molecule has 27 heavy (non-hydrogen) atoms. The van der Waals surface area contributed by atoms with Crippen LogP contribution in [0.1, 0.15) is 80.4 Å². The minimum absolute atomic E-state index is 0.0776. The first-order chi connectivity index (χ1) is 13.3. The van der Waals surface area contributed by atoms with Crippen LogP contribution >= 0.6 is 0 Å². The summed E-state index contributed by atoms with van der Waals surface area (Å²) < 4.78 is 12.8. The maximum atomic E-state index is 12.9. The molecule has 3 rings (SSSR count). The van der Waals surface area contributed by atoms with E-state index in [1.807, 2.05) is 6.21 Å². The summed E-state index contributed by atoms with van der Waals surface area (Å²) in [6.45, 7) is 7.24. The Labute approximate surface area is 166 Å². The fourth-order valence-corrected chi connectivity index (χ4v) is 6.49. The third-order valence-corrected chi connectivity index (χ3v) is 7.85. The molecule has 0 amide bonds. The quantitative estimate of drug-likeness (QED) is 0.274. The molecule has 0 radical (unpaired) electrons. The first-order valence-electron chi connectivity index (χ1n) is 11.2. The van der Waals surface area contributed by atoms with Gasteiger partial charge in [-0.3, -0.25) is 4.79 Å². The third-order valence-electron chi connectivity index (χ3n) is 7.85. The maximum Gasteiger partial charge on any atom is 0.312 e. The number of esters is 1. The number of fused-ring (bicyclic) bond motifs is 3. The molecular formula is C23H37NO3. The van der Waals surface area contributed by atoms with Crippen LogP contribution in [0.25, 0.3) is 0 Å². The second kappa shape index (κ2) is 7.60. The summed E-state index contributed by atoms with van der Waals surface area (Å²) >= 11 is 0. The molecule has 0 heterocycles. The zero-order valence-electron chi connectivity index (χ0n) is 18.6. The molecular weight excluding hydrogens is 338 g/mol. The van der Waals surface area contributed by atoms with Gasteiger partial charge in [0, 0.05) is 7.59 Å². The Hall–Kier alpha value is -1.32. The number of carbonyl (C=O) groups is 1. The van der Waals surface area contributed by atoms with E-state index >= 15 is 0 Å². The van der Waals surface area contributed by atoms with Gasteiger partial charge in [0.25, 0.3) is 0 Å². The second-order valence-corrected chi connectivity index (χ2v) is 9.70. The lowest BCUT2D eigenvalue weighted by molar-refractivity contribution is -0.167. The normalized spacial score (nSPS) is 41.9. The molecule has 4 heteroatoms. The third kappa shape index (κ3) is 3.56. The van der Waals surface area contributed by atoms with Gasteiger partial charge in [0.15, 0.2) is 0 Å². The van der Waals surface area contributed by atoms with Gasteiger partial charge in [0.05, 0.1) is 12.0 Å². The standard InChI is InChI=1S/C23H37NO3/c1-6-27-20(25)23(4)12-7-11-22(3)18-10-13-21(2,14-15-24-26-5)16-17(18)8-9-19(22)23/h10,15,17,19H,6-9,11-14,16H2,1-5H3/b24-15-/t17?,19?,21-,22+,23?/m1/s1/i1T. The Morgan fingerprint density at radius 1 is 1.37 bits per heavy atom. The molecule has 5 atom stereocenters. The van der Waals surface area contributed by atoms with Gasteiger partial charge in [0.1, 0.15) is 7.11 Å². The van der Waals surface area contributed by atoms with Gasteiger partial charge in [0.2, 0.25) is 0 Å². The topological polar surface area (TPSA) is 47.9 Å². The lowest BCUT2D eigenvalue weighted by Crippen LogP contribution is -2.53. The van der Waals surface area contributed by atoms with E-state index in [0.29, 0.717) is 11.8 Å². The Kier molecular flexibility index (Phi) is 5.35. The molecule has 0 saturated heterocycles. The summed E-state index contributed by atoms with van der Waals surface area (Å²) in [6.07, 6.45) is 13.0. The largest absolute Gasteiger partial charge is 0.466 e. The van der Waals surface area contributed by atoms with Gasteiger partial charge in [-0.25, -0.2) is 0 Å². The van der Waals surface area contributed by atoms with Gasteiger partial charge in [-0.05, 0) is 81.4 Å². The van der Waals surface area contributed by atoms with Crippen LogP contribution in [0, 0.1) is 28.1 Å². The predicted octanol–water partition coefficient (Wildman–Crippen LogP) is 5.52. The Morgan fingerprint density at radius 2 is 2.19 bits per heavy atom. The smallest absolute Gasteiger partial charge is 0.312 e. The summed E-state index contributed by atoms with van der Waals surface area (Å²) in [5.41, 5.74) is 1.52. The number of hydrogen-bond donors (Lipinski definition) is 0. The van der Waals surface area contributed by atoms with Crippen LogP contribution in [-0.4, -0.2) is 25.9 Å². The first-order valence-corrected chi connectivity index (χ1v) is 10.5. The van der Waals surface area contributed by atoms with E-state index in [-0.39, 0.29) is 30.3 Å². The van der Waals surface area contributed by atoms with Crippen molar-refractivity contribution in [1.82, 2.24) is 0 Å². The molecule has 0 aromatic carbocycles. The highest BCUT2D eigenvalue weighted by Crippen LogP contribution is 2.64. The summed E-state index contributed by atoms with van der Waals surface area (Å²) in [5.74, 6) is 0.877. The monoisotopic (exact) mass is 377 g/mol. The van der Waals surface area contributed by atoms with Gasteiger partial charge >= 0.3 is 5.97 Å². The van der Waals surface area contributed by atoms with Gasteiger partial charge in [-0.1, -0.05) is 37.1 Å². The van der Waals surface area contributed by atoms with Crippen LogP contribution in [0.4, 0.5) is 0 Å². The van der Waals surface area contributed by atoms with Crippen molar-refractivity contribution in [3.8, 4) is 0 Å². The van der Waals surface area contributed by atoms with Gasteiger partial charge in [-0.2, -0.15) is 0 Å². The molecule has 0 bridgehead atoms. The van der Waals surface area contributed by atoms with Crippen LogP contribution in [0.3, 0.4) is 0 Å². The fourth-order valence-electron chi connectivity index (χ4n) is 6.49. The summed E-state index contributed by atoms with van der Waals surface area (Å²) in [6, 6.07) is 0. The number of ether oxygens (including phenoxy) is 1. The minimum Gasteiger partial charge on any atom is -0.466 e. The predicted molar refractivity (Wildman–Crippen MR) is 108 cm³/mol. The molecule has 4 nitrogen and oxygen atoms in total. The highest BCUT2D eigenvalue weighted by Gasteiger charge is 2.58. The number of carbonyl (C=O) groups excluding carboxylic acids is 1. The average Bonchev–Trinajstić information content (AvgIpc) is 2.65. The number of allylic oxidation sites excluding steroid dienone is 2. The first kappa shape index (κ1) is 19.0. The molecule has 0 aromatic rings. The number of oxime groups is 1. The van der Waals surface area contributed by atoms with Gasteiger partial charge in [-0.15, -0.1) is 0 Å². The van der Waals surface area contributed by atoms with Crippen molar-refractivity contribution in [2.75, 3.05) is 13.7 Å². The molecule has 0 spiro atoms. The molecule has 152 valence electrons. The van der Waals surface area contributed by atoms with Crippen molar-refractivity contribution < 1.29 is 15.7 Å². The van der Waals surface area contributed by atoms with E-state index < -0.39 is 5.41 Å². The highest BCUT2D eigenvalue weighted by molar-refractivity contribution is 5.77. The molecule has 3 aliphatic rings. The molecule has 0 aromatic heterocycles. The average molecular weight is 378 g/mol. The summed E-state index contributed by atoms with van der Waals surface area (Å²) in [7, 11) is 1.59. The Balaban J connectivity index is 1.83. The van der Waals surface area contributed by atoms with Crippen molar-refractivity contribution in [2.24, 2.45) is 33.2 Å². The van der Waals surface area contributed by atoms with E-state index in [9.17, 15) is 4.79 Å². The molecule has 2 fully saturated rings. The van der Waals surface area contributed by atoms with Gasteiger partial charge < -0.3 is 9.57 Å². The molecule has 2 saturated carbocycles. The Bertz CT molecular complexity index is 648. The van der Waals surface area contributed by atoms with Crippen molar-refractivity contribution in [3.05, 3.63) is 11.6 Å². The van der Waals surface area contributed by atoms with Crippen LogP contribution in [-0.2, 0) is 14.4 Å². The minimum atomic E-state index is -0.417. The molecule has 3 unspecified atom stereocenters. The number of nitrogens with zero attached hydrogens (tertiary/aromatic N) is 1. The number of hydrogen-bond acceptors (Lipinski definition) is 4. The SMILES string of the molecule is [3H]CCOC(=O)C1(C)CCC[C@@]2(C)C3=CC[C@](C)(C/C=N\OC)CC3CCC12. The zero-order chi connectivity index (χ0) is 20.4. The van der Waals surface area contributed by atoms with Crippen LogP contribution in [0.2, 0.25) is 0 Å². The number of rotatable bonds is 5. The Morgan fingerprint density at radius 3 is 2.93 bits per heavy atom. The van der Waals surface area contributed by atoms with Crippen LogP contribution < -0.4 is 0 Å². The van der Waals surface area contributed by atoms with E-state index in [0.717, 1.165) is 38.5 Å². The van der Waals surface area contributed by atoms with E-state index in [4.69, 9.17) is 10.9 Å². The summed E-state index contributed by atoms with van der Waals surface area (Å²) in [4.78, 5) is 17.8. The molecule has 0 N–H and O–H groups in total. The van der Waals surface area contributed by atoms with E-state index in [1.54, 1.807) is 12.7 Å². The van der Waals surface area contributed by atoms with E-state index in [1.165, 1.54) is 12.8 Å². The maximum absolute atomic E-state index is 12.9. The van der Waals surface area contributed by atoms with E-state index in [2.05, 4.69) is 32.0 Å². The van der Waals surface area contributed by atoms with Crippen molar-refractivity contribution in [3.63, 3.8) is 0 Å². The zero-order valence-corrected chi connectivity index (χ0v) is 17.6. The molecule has 3 aliphatic carbocycles. The van der Waals surface area contributed by atoms with Crippen molar-refractivity contribution >= 4 is 12.2 Å². The van der Waals surface area contributed by atoms with Crippen molar-refractivity contribution in [2.45, 2.75) is 79.0 Å². The van der Waals surface area contributed by atoms with Crippen LogP contribution in [0.5, 0.6) is 0 Å². The van der Waals surface area contributed by atoms with Crippen LogP contribution in [0.15, 0.2) is 16.8 Å². The summed E-state index contributed by atoms with van der Waals surface area (Å²) in [5, 5.41) is 3.95.